The Morgan fingerprint density at radius 2 is 1.41 bits per heavy atom. The Morgan fingerprint density at radius 3 is 1.98 bits per heavy atom. The van der Waals surface area contributed by atoms with E-state index in [0.29, 0.717) is 13.1 Å². The van der Waals surface area contributed by atoms with Crippen molar-refractivity contribution >= 4 is 33.7 Å². The average Bonchev–Trinajstić information content (AvgIpc) is 3.83. The van der Waals surface area contributed by atoms with E-state index in [1.165, 1.54) is 5.56 Å². The number of nitrogens with zero attached hydrogens (tertiary/aromatic N) is 4. The Kier molecular flexibility index (Phi) is 6.68. The smallest absolute Gasteiger partial charge is 0.321 e. The Balaban J connectivity index is 1.39. The number of carbonyl (C=O) groups excluding carboxylic acids is 1. The number of aromatic amines is 1. The van der Waals surface area contributed by atoms with Gasteiger partial charge in [0.15, 0.2) is 5.65 Å². The van der Waals surface area contributed by atoms with E-state index in [1.807, 2.05) is 36.7 Å². The molecule has 0 aliphatic carbocycles. The summed E-state index contributed by atoms with van der Waals surface area (Å²) in [4.78, 5) is 23.0. The Bertz CT molecular complexity index is 2090. The van der Waals surface area contributed by atoms with Crippen molar-refractivity contribution in [2.75, 3.05) is 18.0 Å². The van der Waals surface area contributed by atoms with Crippen molar-refractivity contribution < 1.29 is 4.79 Å². The molecular weight excluding hydrogens is 568 g/mol. The first kappa shape index (κ1) is 27.8. The topological polar surface area (TPSA) is 78.8 Å². The van der Waals surface area contributed by atoms with Crippen molar-refractivity contribution in [2.24, 2.45) is 0 Å². The molecule has 226 valence electrons. The van der Waals surface area contributed by atoms with E-state index >= 15 is 0 Å². The fourth-order valence-corrected chi connectivity index (χ4v) is 7.20. The zero-order valence-electron chi connectivity index (χ0n) is 25.8. The molecule has 1 aliphatic heterocycles. The third-order valence-corrected chi connectivity index (χ3v) is 9.20. The highest BCUT2D eigenvalue weighted by Gasteiger charge is 2.41. The minimum atomic E-state index is -0.774. The number of rotatable bonds is 7. The fourth-order valence-electron chi connectivity index (χ4n) is 7.20. The predicted octanol–water partition coefficient (Wildman–Crippen LogP) is 8.07. The van der Waals surface area contributed by atoms with E-state index in [4.69, 9.17) is 10.1 Å². The van der Waals surface area contributed by atoms with Crippen LogP contribution in [0.1, 0.15) is 42.0 Å². The summed E-state index contributed by atoms with van der Waals surface area (Å²) in [5.41, 5.74) is 8.53. The van der Waals surface area contributed by atoms with Gasteiger partial charge in [0.05, 0.1) is 11.9 Å². The van der Waals surface area contributed by atoms with Gasteiger partial charge in [-0.15, -0.1) is 0 Å². The summed E-state index contributed by atoms with van der Waals surface area (Å²) in [7, 11) is 0. The molecule has 1 saturated heterocycles. The largest absolute Gasteiger partial charge is 0.354 e. The van der Waals surface area contributed by atoms with E-state index in [-0.39, 0.29) is 11.9 Å². The first-order chi connectivity index (χ1) is 22.6. The molecular formula is C39H34N6O. The summed E-state index contributed by atoms with van der Waals surface area (Å²) in [6, 6.07) is 39.9. The van der Waals surface area contributed by atoms with Crippen molar-refractivity contribution in [1.82, 2.24) is 25.1 Å². The Labute approximate surface area is 267 Å². The molecule has 7 heteroatoms. The highest BCUT2D eigenvalue weighted by Crippen LogP contribution is 2.44. The zero-order chi connectivity index (χ0) is 31.3. The van der Waals surface area contributed by atoms with Crippen LogP contribution in [0.4, 0.5) is 10.5 Å². The molecule has 46 heavy (non-hydrogen) atoms. The number of hydrogen-bond donors (Lipinski definition) is 2. The van der Waals surface area contributed by atoms with Crippen LogP contribution in [0.3, 0.4) is 0 Å². The molecule has 4 heterocycles. The minimum Gasteiger partial charge on any atom is -0.354 e. The second-order valence-electron chi connectivity index (χ2n) is 12.1. The third kappa shape index (κ3) is 4.23. The summed E-state index contributed by atoms with van der Waals surface area (Å²) in [5.74, 6) is 0.224. The number of carbonyl (C=O) groups is 1. The lowest BCUT2D eigenvalue weighted by atomic mass is 9.77. The standard InChI is InChI=1S/C39H34N6O/c1-26(2)35-32-24-30(44-23-22-41-38(44)46)18-19-34(32)43-36(35)31-20-21-40-37-33(31)25-42-45(37)39(27-12-6-3-7-13-27,28-14-8-4-9-15-28)29-16-10-5-11-17-29/h3-21,24-26,43H,22-23H2,1-2H3,(H,41,46). The minimum absolute atomic E-state index is 0.0526. The Hall–Kier alpha value is -5.69. The zero-order valence-corrected chi connectivity index (χ0v) is 25.8. The maximum Gasteiger partial charge on any atom is 0.321 e. The lowest BCUT2D eigenvalue weighted by Crippen LogP contribution is -2.38. The van der Waals surface area contributed by atoms with Crippen LogP contribution in [-0.4, -0.2) is 38.9 Å². The average molecular weight is 603 g/mol. The number of hydrogen-bond acceptors (Lipinski definition) is 3. The summed E-state index contributed by atoms with van der Waals surface area (Å²) in [6.07, 6.45) is 3.84. The maximum atomic E-state index is 12.5. The number of nitrogens with one attached hydrogen (secondary N) is 2. The van der Waals surface area contributed by atoms with E-state index in [2.05, 4.69) is 120 Å². The maximum absolute atomic E-state index is 12.5. The summed E-state index contributed by atoms with van der Waals surface area (Å²) in [6.45, 7) is 5.75. The van der Waals surface area contributed by atoms with Crippen molar-refractivity contribution in [2.45, 2.75) is 25.3 Å². The van der Waals surface area contributed by atoms with E-state index in [0.717, 1.165) is 55.6 Å². The molecule has 0 radical (unpaired) electrons. The molecule has 0 spiro atoms. The van der Waals surface area contributed by atoms with Crippen molar-refractivity contribution in [1.29, 1.82) is 0 Å². The number of fused-ring (bicyclic) bond motifs is 2. The van der Waals surface area contributed by atoms with Crippen LogP contribution in [0, 0.1) is 0 Å². The van der Waals surface area contributed by atoms with Crippen LogP contribution >= 0.6 is 0 Å². The number of pyridine rings is 1. The first-order valence-corrected chi connectivity index (χ1v) is 15.8. The number of H-pyrrole nitrogens is 1. The van der Waals surface area contributed by atoms with Gasteiger partial charge in [0.1, 0.15) is 5.54 Å². The lowest BCUT2D eigenvalue weighted by molar-refractivity contribution is 0.252. The lowest BCUT2D eigenvalue weighted by Gasteiger charge is -2.36. The molecule has 2 amide bonds. The Morgan fingerprint density at radius 1 is 0.783 bits per heavy atom. The van der Waals surface area contributed by atoms with Gasteiger partial charge in [-0.3, -0.25) is 4.90 Å². The molecule has 4 aromatic carbocycles. The van der Waals surface area contributed by atoms with Crippen LogP contribution in [0.25, 0.3) is 33.2 Å². The van der Waals surface area contributed by atoms with E-state index < -0.39 is 5.54 Å². The second-order valence-corrected chi connectivity index (χ2v) is 12.1. The van der Waals surface area contributed by atoms with Gasteiger partial charge in [-0.05, 0) is 52.4 Å². The van der Waals surface area contributed by atoms with Crippen LogP contribution in [0.2, 0.25) is 0 Å². The molecule has 0 atom stereocenters. The molecule has 0 unspecified atom stereocenters. The van der Waals surface area contributed by atoms with Crippen molar-refractivity contribution in [3.05, 3.63) is 150 Å². The monoisotopic (exact) mass is 602 g/mol. The van der Waals surface area contributed by atoms with Gasteiger partial charge in [-0.2, -0.15) is 5.10 Å². The number of urea groups is 1. The van der Waals surface area contributed by atoms with Crippen LogP contribution in [0.5, 0.6) is 0 Å². The van der Waals surface area contributed by atoms with E-state index in [9.17, 15) is 4.79 Å². The molecule has 2 N–H and O–H groups in total. The normalized spacial score (nSPS) is 13.6. The van der Waals surface area contributed by atoms with Gasteiger partial charge in [-0.25, -0.2) is 14.5 Å². The summed E-state index contributed by atoms with van der Waals surface area (Å²) < 4.78 is 2.09. The van der Waals surface area contributed by atoms with Gasteiger partial charge in [0.2, 0.25) is 0 Å². The van der Waals surface area contributed by atoms with Crippen LogP contribution in [0.15, 0.2) is 128 Å². The number of aromatic nitrogens is 4. The van der Waals surface area contributed by atoms with Crippen LogP contribution < -0.4 is 10.2 Å². The highest BCUT2D eigenvalue weighted by molar-refractivity contribution is 6.02. The first-order valence-electron chi connectivity index (χ1n) is 15.8. The quantitative estimate of drug-likeness (QED) is 0.181. The number of benzene rings is 4. The summed E-state index contributed by atoms with van der Waals surface area (Å²) in [5, 5.41) is 10.2. The number of anilines is 1. The van der Waals surface area contributed by atoms with Crippen molar-refractivity contribution in [3.63, 3.8) is 0 Å². The molecule has 1 aliphatic rings. The molecule has 1 fully saturated rings. The molecule has 8 rings (SSSR count). The van der Waals surface area contributed by atoms with Gasteiger partial charge < -0.3 is 10.3 Å². The van der Waals surface area contributed by atoms with Gasteiger partial charge >= 0.3 is 6.03 Å². The summed E-state index contributed by atoms with van der Waals surface area (Å²) >= 11 is 0. The number of amides is 2. The molecule has 3 aromatic heterocycles. The van der Waals surface area contributed by atoms with Gasteiger partial charge in [0, 0.05) is 46.8 Å². The molecule has 7 nitrogen and oxygen atoms in total. The molecule has 0 saturated carbocycles. The van der Waals surface area contributed by atoms with Gasteiger partial charge in [0.25, 0.3) is 0 Å². The van der Waals surface area contributed by atoms with Crippen molar-refractivity contribution in [3.8, 4) is 11.3 Å². The van der Waals surface area contributed by atoms with E-state index in [1.54, 1.807) is 4.90 Å². The molecule has 0 bridgehead atoms. The fraction of sp³-hybridized carbons (Fsp3) is 0.154. The highest BCUT2D eigenvalue weighted by atomic mass is 16.2. The van der Waals surface area contributed by atoms with Gasteiger partial charge in [-0.1, -0.05) is 105 Å². The van der Waals surface area contributed by atoms with Crippen LogP contribution in [-0.2, 0) is 5.54 Å². The second kappa shape index (κ2) is 11.0. The molecule has 7 aromatic rings. The predicted molar refractivity (Wildman–Crippen MR) is 184 cm³/mol. The SMILES string of the molecule is CC(C)c1c(-c2ccnc3c2cnn3C(c2ccccc2)(c2ccccc2)c2ccccc2)[nH]c2ccc(N3CCNC3=O)cc12. The third-order valence-electron chi connectivity index (χ3n) is 9.20.